The van der Waals surface area contributed by atoms with E-state index >= 15 is 0 Å². The monoisotopic (exact) mass is 327 g/mol. The van der Waals surface area contributed by atoms with Crippen LogP contribution in [-0.4, -0.2) is 30.8 Å². The molecule has 0 radical (unpaired) electrons. The zero-order valence-electron chi connectivity index (χ0n) is 13.2. The Morgan fingerprint density at radius 3 is 2.29 bits per heavy atom. The SMILES string of the molecule is Cc1cc(Cl)c(C(=O)CN(C)CC2CC(C)(C)C2)c(Cl)c1. The molecule has 0 heterocycles. The Kier molecular flexibility index (Phi) is 5.02. The van der Waals surface area contributed by atoms with E-state index in [0.717, 1.165) is 12.1 Å². The fourth-order valence-electron chi connectivity index (χ4n) is 3.43. The van der Waals surface area contributed by atoms with Gasteiger partial charge in [-0.05, 0) is 55.8 Å². The quantitative estimate of drug-likeness (QED) is 0.720. The number of Topliss-reactive ketones (excluding diaryl/α,β-unsaturated/α-hetero) is 1. The van der Waals surface area contributed by atoms with Gasteiger partial charge in [-0.15, -0.1) is 0 Å². The second kappa shape index (κ2) is 6.28. The topological polar surface area (TPSA) is 20.3 Å². The van der Waals surface area contributed by atoms with Crippen LogP contribution in [-0.2, 0) is 0 Å². The maximum Gasteiger partial charge on any atom is 0.179 e. The smallest absolute Gasteiger partial charge is 0.179 e. The van der Waals surface area contributed by atoms with E-state index in [1.807, 2.05) is 14.0 Å². The van der Waals surface area contributed by atoms with Gasteiger partial charge in [-0.3, -0.25) is 9.69 Å². The summed E-state index contributed by atoms with van der Waals surface area (Å²) >= 11 is 12.3. The van der Waals surface area contributed by atoms with Crippen LogP contribution in [0.15, 0.2) is 12.1 Å². The minimum absolute atomic E-state index is 0.00826. The fourth-order valence-corrected chi connectivity index (χ4v) is 4.23. The largest absolute Gasteiger partial charge is 0.299 e. The highest BCUT2D eigenvalue weighted by atomic mass is 35.5. The minimum Gasteiger partial charge on any atom is -0.299 e. The Morgan fingerprint density at radius 1 is 1.29 bits per heavy atom. The van der Waals surface area contributed by atoms with Gasteiger partial charge in [-0.25, -0.2) is 0 Å². The Bertz CT molecular complexity index is 523. The van der Waals surface area contributed by atoms with Crippen LogP contribution in [0.3, 0.4) is 0 Å². The molecular weight excluding hydrogens is 305 g/mol. The van der Waals surface area contributed by atoms with Crippen molar-refractivity contribution in [1.29, 1.82) is 0 Å². The van der Waals surface area contributed by atoms with E-state index in [4.69, 9.17) is 23.2 Å². The summed E-state index contributed by atoms with van der Waals surface area (Å²) in [5.41, 5.74) is 1.88. The predicted octanol–water partition coefficient (Wildman–Crippen LogP) is 4.85. The molecule has 4 heteroatoms. The number of halogens is 2. The van der Waals surface area contributed by atoms with Gasteiger partial charge in [0.2, 0.25) is 0 Å². The summed E-state index contributed by atoms with van der Waals surface area (Å²) in [5, 5.41) is 0.895. The number of aryl methyl sites for hydroxylation is 1. The third-order valence-corrected chi connectivity index (χ3v) is 4.73. The number of nitrogens with zero attached hydrogens (tertiary/aromatic N) is 1. The highest BCUT2D eigenvalue weighted by Gasteiger charge is 2.36. The van der Waals surface area contributed by atoms with E-state index in [2.05, 4.69) is 18.7 Å². The molecule has 1 aliphatic carbocycles. The van der Waals surface area contributed by atoms with E-state index in [0.29, 0.717) is 33.5 Å². The molecule has 0 unspecified atom stereocenters. The van der Waals surface area contributed by atoms with Crippen LogP contribution in [0.2, 0.25) is 10.0 Å². The van der Waals surface area contributed by atoms with Crippen LogP contribution in [0.1, 0.15) is 42.6 Å². The van der Waals surface area contributed by atoms with Crippen LogP contribution in [0.25, 0.3) is 0 Å². The summed E-state index contributed by atoms with van der Waals surface area (Å²) in [5.74, 6) is 0.688. The first-order chi connectivity index (χ1) is 9.68. The summed E-state index contributed by atoms with van der Waals surface area (Å²) < 4.78 is 0. The molecule has 0 amide bonds. The molecule has 1 aliphatic rings. The average Bonchev–Trinajstić information content (AvgIpc) is 2.23. The van der Waals surface area contributed by atoms with Crippen molar-refractivity contribution in [2.24, 2.45) is 11.3 Å². The molecule has 21 heavy (non-hydrogen) atoms. The van der Waals surface area contributed by atoms with E-state index in [1.54, 1.807) is 12.1 Å². The lowest BCUT2D eigenvalue weighted by Gasteiger charge is -2.44. The predicted molar refractivity (Wildman–Crippen MR) is 89.5 cm³/mol. The van der Waals surface area contributed by atoms with Gasteiger partial charge in [0.15, 0.2) is 5.78 Å². The summed E-state index contributed by atoms with van der Waals surface area (Å²) in [7, 11) is 1.99. The second-order valence-corrected chi connectivity index (χ2v) is 7.98. The van der Waals surface area contributed by atoms with Crippen molar-refractivity contribution in [3.63, 3.8) is 0 Å². The lowest BCUT2D eigenvalue weighted by Crippen LogP contribution is -2.40. The number of benzene rings is 1. The number of hydrogen-bond donors (Lipinski definition) is 0. The van der Waals surface area contributed by atoms with Gasteiger partial charge in [0.1, 0.15) is 0 Å². The highest BCUT2D eigenvalue weighted by molar-refractivity contribution is 6.40. The number of likely N-dealkylation sites (N-methyl/N-ethyl adjacent to an activating group) is 1. The molecule has 2 rings (SSSR count). The normalized spacial score (nSPS) is 17.9. The maximum absolute atomic E-state index is 12.4. The second-order valence-electron chi connectivity index (χ2n) is 7.16. The Balaban J connectivity index is 1.95. The van der Waals surface area contributed by atoms with Gasteiger partial charge >= 0.3 is 0 Å². The van der Waals surface area contributed by atoms with Crippen LogP contribution >= 0.6 is 23.2 Å². The zero-order valence-corrected chi connectivity index (χ0v) is 14.7. The average molecular weight is 328 g/mol. The Labute approximate surface area is 137 Å². The van der Waals surface area contributed by atoms with Crippen molar-refractivity contribution in [3.05, 3.63) is 33.3 Å². The molecule has 1 aromatic carbocycles. The lowest BCUT2D eigenvalue weighted by atomic mass is 9.64. The highest BCUT2D eigenvalue weighted by Crippen LogP contribution is 2.44. The van der Waals surface area contributed by atoms with Gasteiger partial charge in [0.25, 0.3) is 0 Å². The fraction of sp³-hybridized carbons (Fsp3) is 0.588. The number of ketones is 1. The van der Waals surface area contributed by atoms with Crippen LogP contribution in [0.4, 0.5) is 0 Å². The molecule has 1 fully saturated rings. The molecule has 0 aliphatic heterocycles. The third-order valence-electron chi connectivity index (χ3n) is 4.13. The molecule has 0 spiro atoms. The molecular formula is C17H23Cl2NO. The summed E-state index contributed by atoms with van der Waals surface area (Å²) in [6, 6.07) is 3.57. The van der Waals surface area contributed by atoms with Crippen molar-refractivity contribution in [2.45, 2.75) is 33.6 Å². The van der Waals surface area contributed by atoms with Gasteiger partial charge in [-0.2, -0.15) is 0 Å². The van der Waals surface area contributed by atoms with Gasteiger partial charge in [0, 0.05) is 6.54 Å². The van der Waals surface area contributed by atoms with Crippen LogP contribution in [0, 0.1) is 18.3 Å². The van der Waals surface area contributed by atoms with Crippen molar-refractivity contribution in [2.75, 3.05) is 20.1 Å². The molecule has 0 saturated heterocycles. The van der Waals surface area contributed by atoms with Gasteiger partial charge in [-0.1, -0.05) is 37.0 Å². The zero-order chi connectivity index (χ0) is 15.8. The van der Waals surface area contributed by atoms with Crippen LogP contribution < -0.4 is 0 Å². The molecule has 2 nitrogen and oxygen atoms in total. The molecule has 0 atom stereocenters. The first-order valence-electron chi connectivity index (χ1n) is 7.35. The van der Waals surface area contributed by atoms with E-state index in [9.17, 15) is 4.79 Å². The molecule has 0 bridgehead atoms. The summed E-state index contributed by atoms with van der Waals surface area (Å²) in [6.07, 6.45) is 2.47. The number of hydrogen-bond acceptors (Lipinski definition) is 2. The number of rotatable bonds is 5. The van der Waals surface area contributed by atoms with Crippen molar-refractivity contribution < 1.29 is 4.79 Å². The minimum atomic E-state index is -0.00826. The molecule has 1 aromatic rings. The van der Waals surface area contributed by atoms with Crippen LogP contribution in [0.5, 0.6) is 0 Å². The van der Waals surface area contributed by atoms with E-state index < -0.39 is 0 Å². The van der Waals surface area contributed by atoms with E-state index in [1.165, 1.54) is 12.8 Å². The Morgan fingerprint density at radius 2 is 1.81 bits per heavy atom. The summed E-state index contributed by atoms with van der Waals surface area (Å²) in [6.45, 7) is 7.81. The molecule has 0 aromatic heterocycles. The van der Waals surface area contributed by atoms with Gasteiger partial charge in [0.05, 0.1) is 22.2 Å². The third kappa shape index (κ3) is 4.21. The van der Waals surface area contributed by atoms with Gasteiger partial charge < -0.3 is 0 Å². The maximum atomic E-state index is 12.4. The standard InChI is InChI=1S/C17H23Cl2NO/c1-11-5-13(18)16(14(19)6-11)15(21)10-20(4)9-12-7-17(2,3)8-12/h5-6,12H,7-10H2,1-4H3. The first-order valence-corrected chi connectivity index (χ1v) is 8.11. The first kappa shape index (κ1) is 16.8. The lowest BCUT2D eigenvalue weighted by molar-refractivity contribution is 0.0646. The van der Waals surface area contributed by atoms with Crippen molar-refractivity contribution in [3.8, 4) is 0 Å². The van der Waals surface area contributed by atoms with Crippen molar-refractivity contribution in [1.82, 2.24) is 4.90 Å². The molecule has 1 saturated carbocycles. The Hall–Kier alpha value is -0.570. The number of carbonyl (C=O) groups is 1. The molecule has 116 valence electrons. The van der Waals surface area contributed by atoms with Crippen molar-refractivity contribution >= 4 is 29.0 Å². The summed E-state index contributed by atoms with van der Waals surface area (Å²) in [4.78, 5) is 14.5. The molecule has 0 N–H and O–H groups in total. The van der Waals surface area contributed by atoms with E-state index in [-0.39, 0.29) is 5.78 Å². The number of carbonyl (C=O) groups excluding carboxylic acids is 1.